The number of thiocarbonyl (C=S) groups is 1. The van der Waals surface area contributed by atoms with E-state index in [1.807, 2.05) is 67.6 Å². The first kappa shape index (κ1) is 26.2. The molecule has 0 saturated carbocycles. The molecule has 1 saturated heterocycles. The zero-order chi connectivity index (χ0) is 27.5. The molecule has 9 heteroatoms. The summed E-state index contributed by atoms with van der Waals surface area (Å²) in [6.07, 6.45) is 2.17. The standard InChI is InChI=1S/C30H31N5O3S/c1-5-27(36)32-23-15-12-21(18-26(23)38-4)35-29(28(33-30(35)39)24-8-6-7-17-31-24)25-16-9-19(2)34(25)20-10-13-22(37-3)14-11-20/h6-18,28-29H,5H2,1-4H3,(H,32,36)(H,33,39)/t28-,29+/m0/s1. The Bertz CT molecular complexity index is 1490. The summed E-state index contributed by atoms with van der Waals surface area (Å²) >= 11 is 5.93. The van der Waals surface area contributed by atoms with E-state index in [2.05, 4.69) is 44.1 Å². The Morgan fingerprint density at radius 3 is 2.46 bits per heavy atom. The number of aromatic nitrogens is 2. The molecule has 5 rings (SSSR count). The number of ether oxygens (including phenoxy) is 2. The van der Waals surface area contributed by atoms with Crippen LogP contribution in [0.3, 0.4) is 0 Å². The van der Waals surface area contributed by atoms with E-state index in [9.17, 15) is 4.79 Å². The van der Waals surface area contributed by atoms with Crippen molar-refractivity contribution in [3.8, 4) is 17.2 Å². The number of anilines is 2. The minimum absolute atomic E-state index is 0.0831. The lowest BCUT2D eigenvalue weighted by Crippen LogP contribution is -2.30. The number of carbonyl (C=O) groups is 1. The predicted octanol–water partition coefficient (Wildman–Crippen LogP) is 5.72. The molecule has 200 valence electrons. The van der Waals surface area contributed by atoms with E-state index in [4.69, 9.17) is 21.7 Å². The fourth-order valence-electron chi connectivity index (χ4n) is 4.98. The Balaban J connectivity index is 1.64. The van der Waals surface area contributed by atoms with Crippen LogP contribution in [0.2, 0.25) is 0 Å². The molecule has 0 unspecified atom stereocenters. The van der Waals surface area contributed by atoms with Crippen molar-refractivity contribution in [2.45, 2.75) is 32.4 Å². The maximum Gasteiger partial charge on any atom is 0.224 e. The van der Waals surface area contributed by atoms with Gasteiger partial charge < -0.3 is 29.6 Å². The third-order valence-corrected chi connectivity index (χ3v) is 7.21. The van der Waals surface area contributed by atoms with Crippen LogP contribution in [0.25, 0.3) is 5.69 Å². The molecule has 2 N–H and O–H groups in total. The van der Waals surface area contributed by atoms with Gasteiger partial charge in [0.05, 0.1) is 31.6 Å². The molecule has 0 radical (unpaired) electrons. The highest BCUT2D eigenvalue weighted by Gasteiger charge is 2.42. The van der Waals surface area contributed by atoms with Crippen LogP contribution in [-0.4, -0.2) is 34.8 Å². The van der Waals surface area contributed by atoms with Crippen LogP contribution in [0.15, 0.2) is 79.0 Å². The summed E-state index contributed by atoms with van der Waals surface area (Å²) in [5.74, 6) is 1.27. The fourth-order valence-corrected chi connectivity index (χ4v) is 5.32. The highest BCUT2D eigenvalue weighted by Crippen LogP contribution is 2.44. The average molecular weight is 542 g/mol. The number of hydrogen-bond acceptors (Lipinski definition) is 5. The Kier molecular flexibility index (Phi) is 7.51. The van der Waals surface area contributed by atoms with Gasteiger partial charge in [0.25, 0.3) is 0 Å². The SMILES string of the molecule is CCC(=O)Nc1ccc(N2C(=S)N[C@@H](c3ccccn3)[C@H]2c2ccc(C)n2-c2ccc(OC)cc2)cc1OC. The van der Waals surface area contributed by atoms with E-state index in [0.717, 1.165) is 34.2 Å². The van der Waals surface area contributed by atoms with E-state index in [-0.39, 0.29) is 18.0 Å². The van der Waals surface area contributed by atoms with Gasteiger partial charge >= 0.3 is 0 Å². The number of hydrogen-bond donors (Lipinski definition) is 2. The maximum atomic E-state index is 12.1. The van der Waals surface area contributed by atoms with E-state index < -0.39 is 0 Å². The third-order valence-electron chi connectivity index (χ3n) is 6.90. The quantitative estimate of drug-likeness (QED) is 0.276. The van der Waals surface area contributed by atoms with Crippen molar-refractivity contribution < 1.29 is 14.3 Å². The van der Waals surface area contributed by atoms with Crippen molar-refractivity contribution in [2.75, 3.05) is 24.4 Å². The maximum absolute atomic E-state index is 12.1. The first-order valence-electron chi connectivity index (χ1n) is 12.8. The van der Waals surface area contributed by atoms with Crippen molar-refractivity contribution in [3.05, 3.63) is 96.1 Å². The molecule has 1 aliphatic heterocycles. The Morgan fingerprint density at radius 1 is 1.03 bits per heavy atom. The highest BCUT2D eigenvalue weighted by atomic mass is 32.1. The average Bonchev–Trinajstić information content (AvgIpc) is 3.52. The van der Waals surface area contributed by atoms with E-state index in [0.29, 0.717) is 23.0 Å². The fraction of sp³-hybridized carbons (Fsp3) is 0.233. The Labute approximate surface area is 233 Å². The largest absolute Gasteiger partial charge is 0.497 e. The second-order valence-electron chi connectivity index (χ2n) is 9.22. The van der Waals surface area contributed by atoms with E-state index in [1.165, 1.54) is 0 Å². The van der Waals surface area contributed by atoms with Crippen LogP contribution in [0.1, 0.15) is 42.5 Å². The molecule has 4 aromatic rings. The van der Waals surface area contributed by atoms with Gasteiger partial charge in [0.2, 0.25) is 5.91 Å². The van der Waals surface area contributed by atoms with Gasteiger partial charge in [0.1, 0.15) is 17.5 Å². The molecule has 0 aliphatic carbocycles. The number of pyridine rings is 1. The second kappa shape index (κ2) is 11.2. The lowest BCUT2D eigenvalue weighted by atomic mass is 10.0. The number of nitrogens with one attached hydrogen (secondary N) is 2. The normalized spacial score (nSPS) is 16.6. The van der Waals surface area contributed by atoms with Gasteiger partial charge in [0, 0.05) is 41.4 Å². The molecule has 2 atom stereocenters. The van der Waals surface area contributed by atoms with Crippen molar-refractivity contribution in [1.29, 1.82) is 0 Å². The molecule has 1 fully saturated rings. The smallest absolute Gasteiger partial charge is 0.224 e. The third kappa shape index (κ3) is 5.05. The van der Waals surface area contributed by atoms with Crippen molar-refractivity contribution in [3.63, 3.8) is 0 Å². The summed E-state index contributed by atoms with van der Waals surface area (Å²) in [5, 5.41) is 7.00. The molecular weight excluding hydrogens is 510 g/mol. The number of methoxy groups -OCH3 is 2. The lowest BCUT2D eigenvalue weighted by Gasteiger charge is -2.30. The number of aryl methyl sites for hydroxylation is 1. The van der Waals surface area contributed by atoms with Crippen LogP contribution >= 0.6 is 12.2 Å². The molecule has 8 nitrogen and oxygen atoms in total. The zero-order valence-corrected chi connectivity index (χ0v) is 23.2. The Morgan fingerprint density at radius 2 is 1.79 bits per heavy atom. The Hall–Kier alpha value is -4.37. The number of benzene rings is 2. The number of nitrogens with zero attached hydrogens (tertiary/aromatic N) is 3. The van der Waals surface area contributed by atoms with Crippen LogP contribution in [0.4, 0.5) is 11.4 Å². The summed E-state index contributed by atoms with van der Waals surface area (Å²) in [6.45, 7) is 3.90. The first-order chi connectivity index (χ1) is 18.9. The monoisotopic (exact) mass is 541 g/mol. The highest BCUT2D eigenvalue weighted by molar-refractivity contribution is 7.80. The summed E-state index contributed by atoms with van der Waals surface area (Å²) in [7, 11) is 3.25. The summed E-state index contributed by atoms with van der Waals surface area (Å²) in [4.78, 5) is 18.8. The number of carbonyl (C=O) groups excluding carboxylic acids is 1. The van der Waals surface area contributed by atoms with Gasteiger partial charge in [-0.15, -0.1) is 0 Å². The molecule has 2 aromatic carbocycles. The molecule has 3 heterocycles. The number of rotatable bonds is 8. The van der Waals surface area contributed by atoms with Crippen molar-refractivity contribution in [1.82, 2.24) is 14.9 Å². The van der Waals surface area contributed by atoms with Gasteiger partial charge in [-0.25, -0.2) is 0 Å². The van der Waals surface area contributed by atoms with Crippen LogP contribution < -0.4 is 25.0 Å². The molecule has 1 amide bonds. The van der Waals surface area contributed by atoms with Gasteiger partial charge in [0.15, 0.2) is 5.11 Å². The number of amides is 1. The predicted molar refractivity (Wildman–Crippen MR) is 157 cm³/mol. The van der Waals surface area contributed by atoms with Crippen molar-refractivity contribution in [2.24, 2.45) is 0 Å². The minimum atomic E-state index is -0.232. The van der Waals surface area contributed by atoms with Crippen molar-refractivity contribution >= 4 is 34.6 Å². The minimum Gasteiger partial charge on any atom is -0.497 e. The van der Waals surface area contributed by atoms with Gasteiger partial charge in [-0.05, 0) is 79.8 Å². The van der Waals surface area contributed by atoms with Gasteiger partial charge in [-0.3, -0.25) is 9.78 Å². The molecule has 0 bridgehead atoms. The summed E-state index contributed by atoms with van der Waals surface area (Å²) in [6, 6.07) is 23.4. The molecular formula is C30H31N5O3S. The van der Waals surface area contributed by atoms with Crippen LogP contribution in [0.5, 0.6) is 11.5 Å². The summed E-state index contributed by atoms with van der Waals surface area (Å²) < 4.78 is 13.3. The van der Waals surface area contributed by atoms with E-state index in [1.54, 1.807) is 20.4 Å². The molecule has 0 spiro atoms. The van der Waals surface area contributed by atoms with Crippen LogP contribution in [0, 0.1) is 6.92 Å². The topological polar surface area (TPSA) is 80.7 Å². The molecule has 1 aliphatic rings. The zero-order valence-electron chi connectivity index (χ0n) is 22.3. The molecule has 39 heavy (non-hydrogen) atoms. The van der Waals surface area contributed by atoms with E-state index >= 15 is 0 Å². The second-order valence-corrected chi connectivity index (χ2v) is 9.60. The lowest BCUT2D eigenvalue weighted by molar-refractivity contribution is -0.115. The van der Waals surface area contributed by atoms with Gasteiger partial charge in [-0.2, -0.15) is 0 Å². The van der Waals surface area contributed by atoms with Crippen LogP contribution in [-0.2, 0) is 4.79 Å². The summed E-state index contributed by atoms with van der Waals surface area (Å²) in [5.41, 5.74) is 5.47. The first-order valence-corrected chi connectivity index (χ1v) is 13.2. The van der Waals surface area contributed by atoms with Gasteiger partial charge in [-0.1, -0.05) is 13.0 Å². The molecule has 2 aromatic heterocycles.